The molecular weight excluding hydrogens is 188 g/mol. The predicted octanol–water partition coefficient (Wildman–Crippen LogP) is 3.58. The van der Waals surface area contributed by atoms with Crippen LogP contribution < -0.4 is 0 Å². The fraction of sp³-hybridized carbons (Fsp3) is 0.273. The molecule has 0 aliphatic rings. The van der Waals surface area contributed by atoms with Crippen LogP contribution in [0.3, 0.4) is 0 Å². The smallest absolute Gasteiger partial charge is 0.106 e. The van der Waals surface area contributed by atoms with Crippen molar-refractivity contribution in [1.29, 1.82) is 0 Å². The molecule has 13 heavy (non-hydrogen) atoms. The second-order valence-corrected chi connectivity index (χ2v) is 12.9. The number of rotatable bonds is 5. The lowest BCUT2D eigenvalue weighted by Crippen LogP contribution is -2.26. The highest BCUT2D eigenvalue weighted by Crippen LogP contribution is 2.12. The minimum Gasteiger partial charge on any atom is -0.106 e. The fourth-order valence-corrected chi connectivity index (χ4v) is 4.91. The molecule has 0 atom stereocenters. The number of hydrogen-bond donors (Lipinski definition) is 0. The SMILES string of the molecule is C=C[Si](C=C)(C=C)C=C[Si](C)(C)C. The van der Waals surface area contributed by atoms with Gasteiger partial charge >= 0.3 is 0 Å². The van der Waals surface area contributed by atoms with Crippen LogP contribution in [0.5, 0.6) is 0 Å². The molecule has 0 aromatic carbocycles. The second-order valence-electron chi connectivity index (χ2n) is 4.31. The molecule has 72 valence electrons. The lowest BCUT2D eigenvalue weighted by molar-refractivity contribution is 1.77. The standard InChI is InChI=1S/C11H20Si2/c1-7-13(8-2,9-3)11-10-12(4,5)6/h7-11H,1-3H2,4-6H3. The zero-order valence-corrected chi connectivity index (χ0v) is 11.0. The zero-order chi connectivity index (χ0) is 10.5. The first-order chi connectivity index (χ1) is 5.89. The van der Waals surface area contributed by atoms with E-state index in [1.807, 2.05) is 17.1 Å². The predicted molar refractivity (Wildman–Crippen MR) is 68.8 cm³/mol. The molecule has 0 amide bonds. The molecule has 0 radical (unpaired) electrons. The van der Waals surface area contributed by atoms with Crippen LogP contribution in [0.4, 0.5) is 0 Å². The van der Waals surface area contributed by atoms with Crippen molar-refractivity contribution in [2.24, 2.45) is 0 Å². The van der Waals surface area contributed by atoms with Crippen LogP contribution >= 0.6 is 0 Å². The molecule has 0 saturated heterocycles. The Morgan fingerprint density at radius 3 is 1.38 bits per heavy atom. The average Bonchev–Trinajstić information content (AvgIpc) is 2.06. The van der Waals surface area contributed by atoms with E-state index < -0.39 is 16.1 Å². The van der Waals surface area contributed by atoms with Crippen molar-refractivity contribution >= 4 is 16.1 Å². The summed E-state index contributed by atoms with van der Waals surface area (Å²) >= 11 is 0. The van der Waals surface area contributed by atoms with E-state index in [1.165, 1.54) is 0 Å². The normalized spacial score (nSPS) is 12.8. The molecule has 0 fully saturated rings. The molecule has 0 rings (SSSR count). The van der Waals surface area contributed by atoms with Crippen molar-refractivity contribution in [1.82, 2.24) is 0 Å². The lowest BCUT2D eigenvalue weighted by Gasteiger charge is -2.17. The first-order valence-corrected chi connectivity index (χ1v) is 10.4. The van der Waals surface area contributed by atoms with Crippen molar-refractivity contribution in [2.75, 3.05) is 0 Å². The van der Waals surface area contributed by atoms with E-state index in [0.29, 0.717) is 0 Å². The molecule has 0 nitrogen and oxygen atoms in total. The van der Waals surface area contributed by atoms with Crippen molar-refractivity contribution in [2.45, 2.75) is 19.6 Å². The quantitative estimate of drug-likeness (QED) is 0.606. The Bertz CT molecular complexity index is 209. The van der Waals surface area contributed by atoms with Gasteiger partial charge in [-0.1, -0.05) is 42.4 Å². The summed E-state index contributed by atoms with van der Waals surface area (Å²) in [6.45, 7) is 18.5. The van der Waals surface area contributed by atoms with Gasteiger partial charge in [-0.3, -0.25) is 0 Å². The molecule has 0 spiro atoms. The van der Waals surface area contributed by atoms with Gasteiger partial charge in [-0.15, -0.1) is 25.4 Å². The zero-order valence-electron chi connectivity index (χ0n) is 9.01. The Kier molecular flexibility index (Phi) is 4.37. The van der Waals surface area contributed by atoms with Gasteiger partial charge < -0.3 is 0 Å². The topological polar surface area (TPSA) is 0 Å². The van der Waals surface area contributed by atoms with Gasteiger partial charge in [0.05, 0.1) is 8.07 Å². The average molecular weight is 208 g/mol. The van der Waals surface area contributed by atoms with Gasteiger partial charge in [0, 0.05) is 0 Å². The van der Waals surface area contributed by atoms with E-state index in [9.17, 15) is 0 Å². The van der Waals surface area contributed by atoms with E-state index >= 15 is 0 Å². The summed E-state index contributed by atoms with van der Waals surface area (Å²) in [6.07, 6.45) is 0. The number of hydrogen-bond acceptors (Lipinski definition) is 0. The Balaban J connectivity index is 4.80. The second kappa shape index (κ2) is 4.58. The molecule has 0 aliphatic carbocycles. The van der Waals surface area contributed by atoms with Crippen molar-refractivity contribution < 1.29 is 0 Å². The maximum Gasteiger partial charge on any atom is 0.148 e. The largest absolute Gasteiger partial charge is 0.148 e. The summed E-state index contributed by atoms with van der Waals surface area (Å²) < 4.78 is 0. The van der Waals surface area contributed by atoms with Crippen LogP contribution in [0.15, 0.2) is 48.2 Å². The van der Waals surface area contributed by atoms with Crippen LogP contribution in [-0.4, -0.2) is 16.1 Å². The third kappa shape index (κ3) is 4.24. The first kappa shape index (κ1) is 12.4. The van der Waals surface area contributed by atoms with Crippen LogP contribution in [0.1, 0.15) is 0 Å². The molecule has 0 saturated carbocycles. The highest BCUT2D eigenvalue weighted by molar-refractivity contribution is 6.98. The minimum atomic E-state index is -1.68. The lowest BCUT2D eigenvalue weighted by atomic mass is 11.2. The highest BCUT2D eigenvalue weighted by Gasteiger charge is 2.18. The molecule has 0 bridgehead atoms. The van der Waals surface area contributed by atoms with Gasteiger partial charge in [0.25, 0.3) is 0 Å². The van der Waals surface area contributed by atoms with Gasteiger partial charge in [0.1, 0.15) is 8.07 Å². The van der Waals surface area contributed by atoms with Crippen LogP contribution in [0.25, 0.3) is 0 Å². The van der Waals surface area contributed by atoms with Crippen LogP contribution in [0, 0.1) is 0 Å². The fourth-order valence-electron chi connectivity index (χ4n) is 0.848. The van der Waals surface area contributed by atoms with E-state index in [1.54, 1.807) is 0 Å². The molecule has 0 N–H and O–H groups in total. The van der Waals surface area contributed by atoms with Crippen LogP contribution in [-0.2, 0) is 0 Å². The molecule has 2 heteroatoms. The van der Waals surface area contributed by atoms with E-state index in [2.05, 4.69) is 50.8 Å². The third-order valence-corrected chi connectivity index (χ3v) is 6.30. The Morgan fingerprint density at radius 2 is 1.15 bits per heavy atom. The van der Waals surface area contributed by atoms with Gasteiger partial charge in [-0.2, -0.15) is 0 Å². The van der Waals surface area contributed by atoms with E-state index in [0.717, 1.165) is 0 Å². The van der Waals surface area contributed by atoms with Gasteiger partial charge in [-0.05, 0) is 0 Å². The highest BCUT2D eigenvalue weighted by atomic mass is 28.3. The molecular formula is C11H20Si2. The Labute approximate surface area is 84.4 Å². The van der Waals surface area contributed by atoms with Crippen LogP contribution in [0.2, 0.25) is 19.6 Å². The van der Waals surface area contributed by atoms with E-state index in [-0.39, 0.29) is 0 Å². The summed E-state index contributed by atoms with van der Waals surface area (Å²) in [6, 6.07) is 0. The maximum absolute atomic E-state index is 3.86. The summed E-state index contributed by atoms with van der Waals surface area (Å²) in [4.78, 5) is 0. The summed E-state index contributed by atoms with van der Waals surface area (Å²) in [5.41, 5.74) is 10.6. The Hall–Kier alpha value is -0.606. The molecule has 0 heterocycles. The van der Waals surface area contributed by atoms with Gasteiger partial charge in [0.2, 0.25) is 0 Å². The minimum absolute atomic E-state index is 1.10. The monoisotopic (exact) mass is 208 g/mol. The van der Waals surface area contributed by atoms with Gasteiger partial charge in [0.15, 0.2) is 0 Å². The maximum atomic E-state index is 3.86. The summed E-state index contributed by atoms with van der Waals surface area (Å²) in [5, 5.41) is 0. The first-order valence-electron chi connectivity index (χ1n) is 4.50. The van der Waals surface area contributed by atoms with Crippen molar-refractivity contribution in [3.05, 3.63) is 48.2 Å². The molecule has 0 aliphatic heterocycles. The molecule has 0 aromatic rings. The third-order valence-electron chi connectivity index (χ3n) is 1.93. The molecule has 0 aromatic heterocycles. The van der Waals surface area contributed by atoms with E-state index in [4.69, 9.17) is 0 Å². The van der Waals surface area contributed by atoms with Crippen molar-refractivity contribution in [3.63, 3.8) is 0 Å². The Morgan fingerprint density at radius 1 is 0.769 bits per heavy atom. The van der Waals surface area contributed by atoms with Crippen molar-refractivity contribution in [3.8, 4) is 0 Å². The summed E-state index contributed by atoms with van der Waals surface area (Å²) in [7, 11) is -2.79. The summed E-state index contributed by atoms with van der Waals surface area (Å²) in [5.74, 6) is 0. The van der Waals surface area contributed by atoms with Gasteiger partial charge in [-0.25, -0.2) is 0 Å². The molecule has 0 unspecified atom stereocenters.